The first-order valence-electron chi connectivity index (χ1n) is 13.3. The molecular formula is C31H31F2N5O2. The number of carbonyl (C=O) groups is 1. The van der Waals surface area contributed by atoms with Crippen molar-refractivity contribution in [1.82, 2.24) is 19.4 Å². The Balaban J connectivity index is 1.77. The SMILES string of the molecule is C=CC(=O)N1CCN(c2nc(=O)n(-c3ccccc3CC(C)C)c3nc(-c4ccccc4F)c(F)cc23)[C@@H](C)C1. The topological polar surface area (TPSA) is 71.3 Å². The summed E-state index contributed by atoms with van der Waals surface area (Å²) in [5.74, 6) is -0.932. The first kappa shape index (κ1) is 27.2. The second-order valence-electron chi connectivity index (χ2n) is 10.5. The highest BCUT2D eigenvalue weighted by Crippen LogP contribution is 2.33. The van der Waals surface area contributed by atoms with E-state index >= 15 is 4.39 Å². The third-order valence-corrected chi connectivity index (χ3v) is 7.18. The molecule has 7 nitrogen and oxygen atoms in total. The van der Waals surface area contributed by atoms with E-state index in [1.165, 1.54) is 34.9 Å². The second kappa shape index (κ2) is 11.0. The van der Waals surface area contributed by atoms with Gasteiger partial charge in [-0.15, -0.1) is 0 Å². The van der Waals surface area contributed by atoms with Crippen LogP contribution < -0.4 is 10.6 Å². The summed E-state index contributed by atoms with van der Waals surface area (Å²) in [6.45, 7) is 10.8. The van der Waals surface area contributed by atoms with Gasteiger partial charge in [-0.25, -0.2) is 23.1 Å². The maximum absolute atomic E-state index is 15.7. The molecule has 2 aromatic heterocycles. The summed E-state index contributed by atoms with van der Waals surface area (Å²) in [5, 5.41) is 0.326. The van der Waals surface area contributed by atoms with E-state index in [0.29, 0.717) is 43.0 Å². The van der Waals surface area contributed by atoms with Crippen LogP contribution in [0.2, 0.25) is 0 Å². The van der Waals surface area contributed by atoms with Crippen LogP contribution in [0.5, 0.6) is 0 Å². The fourth-order valence-corrected chi connectivity index (χ4v) is 5.33. The van der Waals surface area contributed by atoms with Crippen molar-refractivity contribution in [3.63, 3.8) is 0 Å². The molecule has 2 aromatic carbocycles. The summed E-state index contributed by atoms with van der Waals surface area (Å²) in [7, 11) is 0. The van der Waals surface area contributed by atoms with E-state index in [-0.39, 0.29) is 34.7 Å². The first-order chi connectivity index (χ1) is 19.2. The number of aromatic nitrogens is 3. The molecule has 0 spiro atoms. The molecule has 1 amide bonds. The van der Waals surface area contributed by atoms with Crippen LogP contribution in [-0.4, -0.2) is 51.0 Å². The Morgan fingerprint density at radius 1 is 1.07 bits per heavy atom. The molecule has 3 heterocycles. The minimum absolute atomic E-state index is 0.000327. The van der Waals surface area contributed by atoms with Crippen LogP contribution in [0.15, 0.2) is 72.0 Å². The van der Waals surface area contributed by atoms with Gasteiger partial charge in [-0.1, -0.05) is 50.8 Å². The zero-order chi connectivity index (χ0) is 28.6. The minimum Gasteiger partial charge on any atom is -0.350 e. The Kier molecular flexibility index (Phi) is 7.47. The summed E-state index contributed by atoms with van der Waals surface area (Å²) in [5.41, 5.74) is 0.931. The molecule has 4 aromatic rings. The van der Waals surface area contributed by atoms with Crippen LogP contribution in [0.1, 0.15) is 26.3 Å². The number of rotatable bonds is 6. The van der Waals surface area contributed by atoms with Crippen molar-refractivity contribution in [2.24, 2.45) is 5.92 Å². The Morgan fingerprint density at radius 2 is 1.80 bits per heavy atom. The maximum Gasteiger partial charge on any atom is 0.355 e. The molecule has 1 fully saturated rings. The highest BCUT2D eigenvalue weighted by atomic mass is 19.1. The van der Waals surface area contributed by atoms with Crippen LogP contribution >= 0.6 is 0 Å². The summed E-state index contributed by atoms with van der Waals surface area (Å²) < 4.78 is 31.9. The van der Waals surface area contributed by atoms with Gasteiger partial charge in [0.1, 0.15) is 23.1 Å². The number of carbonyl (C=O) groups excluding carboxylic acids is 1. The Bertz CT molecular complexity index is 1670. The summed E-state index contributed by atoms with van der Waals surface area (Å²) >= 11 is 0. The monoisotopic (exact) mass is 543 g/mol. The summed E-state index contributed by atoms with van der Waals surface area (Å²) in [6, 6.07) is 14.4. The zero-order valence-electron chi connectivity index (χ0n) is 22.8. The van der Waals surface area contributed by atoms with Crippen LogP contribution in [0.4, 0.5) is 14.6 Å². The van der Waals surface area contributed by atoms with Crippen LogP contribution in [0.3, 0.4) is 0 Å². The number of nitrogens with zero attached hydrogens (tertiary/aromatic N) is 5. The molecule has 0 unspecified atom stereocenters. The third-order valence-electron chi connectivity index (χ3n) is 7.18. The second-order valence-corrected chi connectivity index (χ2v) is 10.5. The van der Waals surface area contributed by atoms with E-state index in [1.54, 1.807) is 11.0 Å². The van der Waals surface area contributed by atoms with Crippen molar-refractivity contribution in [2.75, 3.05) is 24.5 Å². The van der Waals surface area contributed by atoms with Crippen molar-refractivity contribution < 1.29 is 13.6 Å². The van der Waals surface area contributed by atoms with E-state index < -0.39 is 17.3 Å². The number of pyridine rings is 1. The molecule has 1 atom stereocenters. The zero-order valence-corrected chi connectivity index (χ0v) is 22.8. The van der Waals surface area contributed by atoms with Gasteiger partial charge in [-0.2, -0.15) is 4.98 Å². The molecule has 5 rings (SSSR count). The molecule has 9 heteroatoms. The molecule has 0 aliphatic carbocycles. The summed E-state index contributed by atoms with van der Waals surface area (Å²) in [6.07, 6.45) is 1.97. The highest BCUT2D eigenvalue weighted by Gasteiger charge is 2.30. The number of amides is 1. The number of hydrogen-bond acceptors (Lipinski definition) is 5. The van der Waals surface area contributed by atoms with Gasteiger partial charge in [0.05, 0.1) is 11.1 Å². The minimum atomic E-state index is -0.727. The molecule has 0 bridgehead atoms. The lowest BCUT2D eigenvalue weighted by atomic mass is 10.0. The van der Waals surface area contributed by atoms with Crippen molar-refractivity contribution in [3.8, 4) is 16.9 Å². The summed E-state index contributed by atoms with van der Waals surface area (Å²) in [4.78, 5) is 38.6. The van der Waals surface area contributed by atoms with Crippen molar-refractivity contribution >= 4 is 22.8 Å². The number of anilines is 1. The molecule has 0 N–H and O–H groups in total. The number of piperazine rings is 1. The van der Waals surface area contributed by atoms with Gasteiger partial charge >= 0.3 is 5.69 Å². The lowest BCUT2D eigenvalue weighted by molar-refractivity contribution is -0.126. The molecule has 0 saturated carbocycles. The van der Waals surface area contributed by atoms with E-state index in [9.17, 15) is 14.0 Å². The van der Waals surface area contributed by atoms with Gasteiger partial charge in [0, 0.05) is 31.2 Å². The van der Waals surface area contributed by atoms with Gasteiger partial charge in [0.2, 0.25) is 5.91 Å². The van der Waals surface area contributed by atoms with Crippen molar-refractivity contribution in [3.05, 3.63) is 94.9 Å². The van der Waals surface area contributed by atoms with E-state index in [2.05, 4.69) is 30.4 Å². The van der Waals surface area contributed by atoms with Gasteiger partial charge < -0.3 is 9.80 Å². The Morgan fingerprint density at radius 3 is 2.50 bits per heavy atom. The molecule has 1 saturated heterocycles. The fraction of sp³-hybridized carbons (Fsp3) is 0.290. The van der Waals surface area contributed by atoms with Crippen LogP contribution in [-0.2, 0) is 11.2 Å². The largest absolute Gasteiger partial charge is 0.355 e. The van der Waals surface area contributed by atoms with E-state index in [0.717, 1.165) is 5.56 Å². The van der Waals surface area contributed by atoms with E-state index in [1.807, 2.05) is 36.1 Å². The first-order valence-corrected chi connectivity index (χ1v) is 13.3. The number of halogens is 2. The molecule has 1 aliphatic rings. The molecule has 1 aliphatic heterocycles. The van der Waals surface area contributed by atoms with Gasteiger partial charge in [-0.05, 0) is 55.2 Å². The average molecular weight is 544 g/mol. The molecule has 206 valence electrons. The number of benzene rings is 2. The van der Waals surface area contributed by atoms with Gasteiger partial charge in [-0.3, -0.25) is 4.79 Å². The van der Waals surface area contributed by atoms with Crippen molar-refractivity contribution in [2.45, 2.75) is 33.2 Å². The van der Waals surface area contributed by atoms with Gasteiger partial charge in [0.15, 0.2) is 5.65 Å². The molecule has 40 heavy (non-hydrogen) atoms. The van der Waals surface area contributed by atoms with Crippen molar-refractivity contribution in [1.29, 1.82) is 0 Å². The Hall–Kier alpha value is -4.40. The standard InChI is InChI=1S/C31H31F2N5O2/c1-5-27(39)36-14-15-37(20(4)18-36)29-23-17-25(33)28(22-11-7-8-12-24(22)32)34-30(23)38(31(40)35-29)26-13-9-6-10-21(26)16-19(2)3/h5-13,17,19-20H,1,14-16,18H2,2-4H3/t20-/m0/s1. The molecule has 0 radical (unpaired) electrons. The highest BCUT2D eigenvalue weighted by molar-refractivity contribution is 5.91. The predicted octanol–water partition coefficient (Wildman–Crippen LogP) is 5.15. The number of para-hydroxylation sites is 1. The number of fused-ring (bicyclic) bond motifs is 1. The smallest absolute Gasteiger partial charge is 0.350 e. The molecular weight excluding hydrogens is 512 g/mol. The Labute approximate surface area is 231 Å². The number of hydrogen-bond donors (Lipinski definition) is 0. The lowest BCUT2D eigenvalue weighted by Crippen LogP contribution is -2.54. The lowest BCUT2D eigenvalue weighted by Gasteiger charge is -2.40. The predicted molar refractivity (Wildman–Crippen MR) is 153 cm³/mol. The van der Waals surface area contributed by atoms with Gasteiger partial charge in [0.25, 0.3) is 0 Å². The van der Waals surface area contributed by atoms with Crippen LogP contribution in [0, 0.1) is 17.6 Å². The normalized spacial score (nSPS) is 15.6. The van der Waals surface area contributed by atoms with E-state index in [4.69, 9.17) is 0 Å². The average Bonchev–Trinajstić information content (AvgIpc) is 2.93. The fourth-order valence-electron chi connectivity index (χ4n) is 5.33. The quantitative estimate of drug-likeness (QED) is 0.315. The maximum atomic E-state index is 15.7. The van der Waals surface area contributed by atoms with Crippen LogP contribution in [0.25, 0.3) is 28.0 Å². The third kappa shape index (κ3) is 4.99.